The van der Waals surface area contributed by atoms with Gasteiger partial charge in [0.25, 0.3) is 0 Å². The third kappa shape index (κ3) is 2.73. The average Bonchev–Trinajstić information content (AvgIpc) is 2.64. The van der Waals surface area contributed by atoms with E-state index in [1.807, 2.05) is 34.6 Å². The smallest absolute Gasteiger partial charge is 0.410 e. The van der Waals surface area contributed by atoms with Crippen molar-refractivity contribution in [3.05, 3.63) is 0 Å². The number of nitrogens with one attached hydrogen (secondary N) is 1. The minimum atomic E-state index is -0.582. The molecular weight excluding hydrogens is 272 g/mol. The first-order chi connectivity index (χ1) is 9.63. The lowest BCUT2D eigenvalue weighted by atomic mass is 9.62. The Morgan fingerprint density at radius 2 is 1.86 bits per heavy atom. The summed E-state index contributed by atoms with van der Waals surface area (Å²) in [6, 6.07) is 0. The molecule has 2 saturated heterocycles. The zero-order chi connectivity index (χ0) is 15.9. The molecule has 21 heavy (non-hydrogen) atoms. The molecule has 1 amide bonds. The van der Waals surface area contributed by atoms with Gasteiger partial charge in [0.05, 0.1) is 12.0 Å². The van der Waals surface area contributed by atoms with Crippen LogP contribution in [0.5, 0.6) is 0 Å². The lowest BCUT2D eigenvalue weighted by Gasteiger charge is -2.53. The van der Waals surface area contributed by atoms with Crippen LogP contribution in [-0.4, -0.2) is 55.3 Å². The van der Waals surface area contributed by atoms with Crippen LogP contribution in [0.1, 0.15) is 34.6 Å². The molecule has 0 aliphatic carbocycles. The Morgan fingerprint density at radius 1 is 1.24 bits per heavy atom. The number of rotatable bonds is 2. The summed E-state index contributed by atoms with van der Waals surface area (Å²) in [5, 5.41) is 3.27. The number of carbonyl (C=O) groups excluding carboxylic acids is 2. The maximum Gasteiger partial charge on any atom is 0.410 e. The van der Waals surface area contributed by atoms with Crippen LogP contribution in [0.3, 0.4) is 0 Å². The highest BCUT2D eigenvalue weighted by Crippen LogP contribution is 2.50. The molecular formula is C15H26N2O4. The number of esters is 1. The molecule has 120 valence electrons. The number of ether oxygens (including phenoxy) is 2. The quantitative estimate of drug-likeness (QED) is 0.780. The first-order valence-corrected chi connectivity index (χ1v) is 7.49. The monoisotopic (exact) mass is 298 g/mol. The van der Waals surface area contributed by atoms with Crippen LogP contribution in [0.25, 0.3) is 0 Å². The molecule has 2 heterocycles. The number of nitrogens with zero attached hydrogens (tertiary/aromatic N) is 1. The molecule has 2 fully saturated rings. The van der Waals surface area contributed by atoms with Gasteiger partial charge in [-0.3, -0.25) is 4.79 Å². The molecule has 6 nitrogen and oxygen atoms in total. The number of hydrogen-bond acceptors (Lipinski definition) is 5. The predicted octanol–water partition coefficient (Wildman–Crippen LogP) is 1.40. The molecule has 0 aromatic rings. The first kappa shape index (κ1) is 16.1. The second-order valence-electron chi connectivity index (χ2n) is 7.27. The van der Waals surface area contributed by atoms with E-state index in [1.165, 1.54) is 0 Å². The van der Waals surface area contributed by atoms with Crippen molar-refractivity contribution in [1.82, 2.24) is 10.2 Å². The molecule has 2 aliphatic heterocycles. The maximum atomic E-state index is 12.3. The molecule has 0 aromatic heterocycles. The summed E-state index contributed by atoms with van der Waals surface area (Å²) in [5.41, 5.74) is -1.32. The lowest BCUT2D eigenvalue weighted by molar-refractivity contribution is -0.167. The topological polar surface area (TPSA) is 67.9 Å². The van der Waals surface area contributed by atoms with Gasteiger partial charge in [-0.2, -0.15) is 0 Å². The molecule has 0 aromatic carbocycles. The Kier molecular flexibility index (Phi) is 3.95. The molecule has 2 aliphatic rings. The van der Waals surface area contributed by atoms with E-state index in [4.69, 9.17) is 9.47 Å². The fourth-order valence-electron chi connectivity index (χ4n) is 3.11. The number of carbonyl (C=O) groups is 2. The fourth-order valence-corrected chi connectivity index (χ4v) is 3.11. The molecule has 0 radical (unpaired) electrons. The summed E-state index contributed by atoms with van der Waals surface area (Å²) in [7, 11) is 0. The summed E-state index contributed by atoms with van der Waals surface area (Å²) >= 11 is 0. The standard InChI is InChI=1S/C15H26N2O4/c1-6-20-11(18)14(5)7-16-8-15(14)9-17(10-15)12(19)21-13(2,3)4/h16H,6-10H2,1-5H3/t14-/m1/s1. The molecule has 0 unspecified atom stereocenters. The van der Waals surface area contributed by atoms with Gasteiger partial charge in [-0.1, -0.05) is 0 Å². The van der Waals surface area contributed by atoms with Crippen molar-refractivity contribution in [2.24, 2.45) is 10.8 Å². The normalized spacial score (nSPS) is 27.4. The highest BCUT2D eigenvalue weighted by Gasteiger charge is 2.64. The third-order valence-corrected chi connectivity index (χ3v) is 4.48. The van der Waals surface area contributed by atoms with E-state index in [-0.39, 0.29) is 17.5 Å². The molecule has 1 atom stereocenters. The SMILES string of the molecule is CCOC(=O)[C@@]1(C)CNCC12CN(C(=O)OC(C)(C)C)C2. The molecule has 2 rings (SSSR count). The Hall–Kier alpha value is -1.30. The largest absolute Gasteiger partial charge is 0.466 e. The summed E-state index contributed by atoms with van der Waals surface area (Å²) in [5.74, 6) is -0.182. The van der Waals surface area contributed by atoms with Gasteiger partial charge in [-0.05, 0) is 34.6 Å². The molecule has 0 saturated carbocycles. The average molecular weight is 298 g/mol. The number of likely N-dealkylation sites (tertiary alicyclic amines) is 1. The summed E-state index contributed by atoms with van der Waals surface area (Å²) in [6.07, 6.45) is -0.314. The Bertz CT molecular complexity index is 437. The van der Waals surface area contributed by atoms with Crippen molar-refractivity contribution in [2.45, 2.75) is 40.2 Å². The summed E-state index contributed by atoms with van der Waals surface area (Å²) < 4.78 is 10.6. The van der Waals surface area contributed by atoms with Crippen molar-refractivity contribution >= 4 is 12.1 Å². The second-order valence-corrected chi connectivity index (χ2v) is 7.27. The van der Waals surface area contributed by atoms with E-state index in [2.05, 4.69) is 5.32 Å². The van der Waals surface area contributed by atoms with Crippen molar-refractivity contribution in [3.8, 4) is 0 Å². The van der Waals surface area contributed by atoms with E-state index in [0.717, 1.165) is 6.54 Å². The lowest BCUT2D eigenvalue weighted by Crippen LogP contribution is -2.67. The Labute approximate surface area is 126 Å². The van der Waals surface area contributed by atoms with E-state index in [0.29, 0.717) is 26.2 Å². The van der Waals surface area contributed by atoms with Gasteiger partial charge in [0.2, 0.25) is 0 Å². The van der Waals surface area contributed by atoms with Crippen LogP contribution >= 0.6 is 0 Å². The molecule has 1 N–H and O–H groups in total. The zero-order valence-electron chi connectivity index (χ0n) is 13.6. The number of amides is 1. The van der Waals surface area contributed by atoms with Gasteiger partial charge in [0, 0.05) is 31.6 Å². The van der Waals surface area contributed by atoms with Crippen LogP contribution in [0.2, 0.25) is 0 Å². The van der Waals surface area contributed by atoms with Crippen LogP contribution in [0.4, 0.5) is 4.79 Å². The van der Waals surface area contributed by atoms with Crippen molar-refractivity contribution in [3.63, 3.8) is 0 Å². The molecule has 6 heteroatoms. The highest BCUT2D eigenvalue weighted by atomic mass is 16.6. The van der Waals surface area contributed by atoms with E-state index in [9.17, 15) is 9.59 Å². The van der Waals surface area contributed by atoms with Gasteiger partial charge in [0.1, 0.15) is 5.60 Å². The van der Waals surface area contributed by atoms with Gasteiger partial charge >= 0.3 is 12.1 Å². The van der Waals surface area contributed by atoms with E-state index in [1.54, 1.807) is 4.90 Å². The highest BCUT2D eigenvalue weighted by molar-refractivity contribution is 5.80. The molecule has 0 bridgehead atoms. The summed E-state index contributed by atoms with van der Waals surface area (Å²) in [6.45, 7) is 12.0. The zero-order valence-corrected chi connectivity index (χ0v) is 13.6. The van der Waals surface area contributed by atoms with Crippen LogP contribution in [0, 0.1) is 10.8 Å². The van der Waals surface area contributed by atoms with E-state index >= 15 is 0 Å². The van der Waals surface area contributed by atoms with Crippen molar-refractivity contribution < 1.29 is 19.1 Å². The van der Waals surface area contributed by atoms with Crippen LogP contribution in [0.15, 0.2) is 0 Å². The van der Waals surface area contributed by atoms with Gasteiger partial charge in [0.15, 0.2) is 0 Å². The minimum absolute atomic E-state index is 0.182. The Balaban J connectivity index is 2.03. The second kappa shape index (κ2) is 5.16. The Morgan fingerprint density at radius 3 is 2.38 bits per heavy atom. The summed E-state index contributed by atoms with van der Waals surface area (Å²) in [4.78, 5) is 26.0. The van der Waals surface area contributed by atoms with Gasteiger partial charge in [-0.25, -0.2) is 4.79 Å². The number of hydrogen-bond donors (Lipinski definition) is 1. The van der Waals surface area contributed by atoms with E-state index < -0.39 is 11.0 Å². The van der Waals surface area contributed by atoms with Gasteiger partial charge < -0.3 is 19.7 Å². The van der Waals surface area contributed by atoms with Gasteiger partial charge in [-0.15, -0.1) is 0 Å². The molecule has 1 spiro atoms. The van der Waals surface area contributed by atoms with Crippen molar-refractivity contribution in [1.29, 1.82) is 0 Å². The van der Waals surface area contributed by atoms with Crippen LogP contribution in [-0.2, 0) is 14.3 Å². The maximum absolute atomic E-state index is 12.3. The predicted molar refractivity (Wildman–Crippen MR) is 77.8 cm³/mol. The van der Waals surface area contributed by atoms with Crippen LogP contribution < -0.4 is 5.32 Å². The third-order valence-electron chi connectivity index (χ3n) is 4.48. The minimum Gasteiger partial charge on any atom is -0.466 e. The van der Waals surface area contributed by atoms with Crippen molar-refractivity contribution in [2.75, 3.05) is 32.8 Å². The fraction of sp³-hybridized carbons (Fsp3) is 0.867. The first-order valence-electron chi connectivity index (χ1n) is 7.49.